The Balaban J connectivity index is 1.21. The quantitative estimate of drug-likeness (QED) is 0.206. The van der Waals surface area contributed by atoms with Crippen LogP contribution in [0.25, 0.3) is 55.8 Å². The Morgan fingerprint density at radius 2 is 1.11 bits per heavy atom. The molecule has 3 heteroatoms. The Morgan fingerprint density at radius 3 is 1.95 bits per heavy atom. The van der Waals surface area contributed by atoms with Gasteiger partial charge < -0.3 is 0 Å². The lowest BCUT2D eigenvalue weighted by Crippen LogP contribution is -2.23. The zero-order valence-electron chi connectivity index (χ0n) is 24.7. The van der Waals surface area contributed by atoms with Gasteiger partial charge in [-0.3, -0.25) is 0 Å². The fourth-order valence-electron chi connectivity index (χ4n) is 6.42. The number of benzene rings is 6. The number of fused-ring (bicyclic) bond motifs is 3. The molecule has 1 aliphatic heterocycles. The van der Waals surface area contributed by atoms with Gasteiger partial charge in [0.05, 0.1) is 11.2 Å². The molecule has 1 aromatic heterocycles. The zero-order valence-corrected chi connectivity index (χ0v) is 25.5. The lowest BCUT2D eigenvalue weighted by Gasteiger charge is -2.35. The SMILES string of the molecule is CC1(C)c2ccccc2Sc2c(-c3cccc(-c4cccc(-c5nc(-c6ccccc6)c6ccccc6n5)c4)c3)cccc21. The van der Waals surface area contributed by atoms with E-state index in [2.05, 4.69) is 141 Å². The highest BCUT2D eigenvalue weighted by Gasteiger charge is 2.34. The molecule has 0 fully saturated rings. The van der Waals surface area contributed by atoms with Crippen molar-refractivity contribution in [2.24, 2.45) is 0 Å². The van der Waals surface area contributed by atoms with Crippen molar-refractivity contribution in [2.75, 3.05) is 0 Å². The van der Waals surface area contributed by atoms with Gasteiger partial charge in [-0.25, -0.2) is 9.97 Å². The number of hydrogen-bond acceptors (Lipinski definition) is 3. The van der Waals surface area contributed by atoms with Crippen LogP contribution >= 0.6 is 11.8 Å². The zero-order chi connectivity index (χ0) is 29.7. The van der Waals surface area contributed by atoms with Crippen LogP contribution in [-0.2, 0) is 5.41 Å². The molecule has 0 atom stereocenters. The van der Waals surface area contributed by atoms with Gasteiger partial charge in [0.1, 0.15) is 0 Å². The van der Waals surface area contributed by atoms with E-state index in [1.807, 2.05) is 30.0 Å². The van der Waals surface area contributed by atoms with E-state index in [0.29, 0.717) is 0 Å². The monoisotopic (exact) mass is 582 g/mol. The van der Waals surface area contributed by atoms with Crippen LogP contribution in [0.4, 0.5) is 0 Å². The van der Waals surface area contributed by atoms with Crippen LogP contribution in [0.1, 0.15) is 25.0 Å². The molecule has 0 unspecified atom stereocenters. The molecule has 2 nitrogen and oxygen atoms in total. The summed E-state index contributed by atoms with van der Waals surface area (Å²) in [6.45, 7) is 4.68. The van der Waals surface area contributed by atoms with E-state index in [0.717, 1.165) is 39.1 Å². The first-order valence-electron chi connectivity index (χ1n) is 15.0. The van der Waals surface area contributed by atoms with E-state index < -0.39 is 0 Å². The maximum Gasteiger partial charge on any atom is 0.160 e. The fraction of sp³-hybridized carbons (Fsp3) is 0.0732. The van der Waals surface area contributed by atoms with Gasteiger partial charge in [0.25, 0.3) is 0 Å². The minimum absolute atomic E-state index is 0.0579. The van der Waals surface area contributed by atoms with Crippen molar-refractivity contribution >= 4 is 22.7 Å². The lowest BCUT2D eigenvalue weighted by molar-refractivity contribution is 0.608. The van der Waals surface area contributed by atoms with Crippen LogP contribution < -0.4 is 0 Å². The highest BCUT2D eigenvalue weighted by Crippen LogP contribution is 2.52. The third-order valence-corrected chi connectivity index (χ3v) is 9.96. The first-order chi connectivity index (χ1) is 21.6. The van der Waals surface area contributed by atoms with Gasteiger partial charge in [-0.2, -0.15) is 0 Å². The third-order valence-electron chi connectivity index (χ3n) is 8.74. The van der Waals surface area contributed by atoms with Crippen molar-refractivity contribution in [2.45, 2.75) is 29.1 Å². The third kappa shape index (κ3) is 4.52. The van der Waals surface area contributed by atoms with Gasteiger partial charge in [0, 0.05) is 31.7 Å². The number of para-hydroxylation sites is 1. The van der Waals surface area contributed by atoms with Crippen LogP contribution in [0.15, 0.2) is 155 Å². The van der Waals surface area contributed by atoms with Gasteiger partial charge in [-0.15, -0.1) is 0 Å². The van der Waals surface area contributed by atoms with Crippen LogP contribution in [0.2, 0.25) is 0 Å². The summed E-state index contributed by atoms with van der Waals surface area (Å²) in [6.07, 6.45) is 0. The summed E-state index contributed by atoms with van der Waals surface area (Å²) >= 11 is 1.89. The second kappa shape index (κ2) is 10.6. The molecule has 0 spiro atoms. The second-order valence-corrected chi connectivity index (χ2v) is 12.9. The van der Waals surface area contributed by atoms with Gasteiger partial charge in [-0.05, 0) is 57.6 Å². The second-order valence-electron chi connectivity index (χ2n) is 11.8. The largest absolute Gasteiger partial charge is 0.228 e. The Hall–Kier alpha value is -4.99. The Morgan fingerprint density at radius 1 is 0.500 bits per heavy atom. The maximum atomic E-state index is 5.11. The van der Waals surface area contributed by atoms with Crippen molar-refractivity contribution in [3.63, 3.8) is 0 Å². The molecule has 0 aliphatic carbocycles. The Kier molecular flexibility index (Phi) is 6.43. The highest BCUT2D eigenvalue weighted by molar-refractivity contribution is 7.99. The molecule has 0 radical (unpaired) electrons. The molecular weight excluding hydrogens is 553 g/mol. The maximum absolute atomic E-state index is 5.11. The Bertz CT molecular complexity index is 2180. The normalized spacial score (nSPS) is 13.3. The summed E-state index contributed by atoms with van der Waals surface area (Å²) in [7, 11) is 0. The van der Waals surface area contributed by atoms with Crippen LogP contribution in [-0.4, -0.2) is 9.97 Å². The van der Waals surface area contributed by atoms with E-state index in [1.165, 1.54) is 37.6 Å². The van der Waals surface area contributed by atoms with Gasteiger partial charge in [0.15, 0.2) is 5.82 Å². The highest BCUT2D eigenvalue weighted by atomic mass is 32.2. The molecule has 8 rings (SSSR count). The molecule has 0 saturated heterocycles. The van der Waals surface area contributed by atoms with Gasteiger partial charge in [-0.1, -0.05) is 147 Å². The van der Waals surface area contributed by atoms with Crippen molar-refractivity contribution in [1.82, 2.24) is 9.97 Å². The fourth-order valence-corrected chi connectivity index (χ4v) is 7.95. The first kappa shape index (κ1) is 26.6. The predicted octanol–water partition coefficient (Wildman–Crippen LogP) is 11.1. The minimum atomic E-state index is -0.0579. The summed E-state index contributed by atoms with van der Waals surface area (Å²) in [4.78, 5) is 12.8. The molecule has 0 amide bonds. The van der Waals surface area contributed by atoms with E-state index in [4.69, 9.17) is 9.97 Å². The number of aromatic nitrogens is 2. The number of rotatable bonds is 4. The molecule has 210 valence electrons. The summed E-state index contributed by atoms with van der Waals surface area (Å²) in [6, 6.07) is 51.7. The van der Waals surface area contributed by atoms with Crippen molar-refractivity contribution < 1.29 is 0 Å². The molecule has 44 heavy (non-hydrogen) atoms. The molecule has 0 N–H and O–H groups in total. The molecule has 0 bridgehead atoms. The van der Waals surface area contributed by atoms with E-state index in [9.17, 15) is 0 Å². The van der Waals surface area contributed by atoms with Crippen molar-refractivity contribution in [3.05, 3.63) is 157 Å². The number of nitrogens with zero attached hydrogens (tertiary/aromatic N) is 2. The smallest absolute Gasteiger partial charge is 0.160 e. The summed E-state index contributed by atoms with van der Waals surface area (Å²) in [5.74, 6) is 0.731. The average Bonchev–Trinajstić information content (AvgIpc) is 3.08. The standard InChI is InChI=1S/C41H30N2S/c1-41(2)34-21-7-9-24-37(34)44-39-32(20-12-22-35(39)41)30-17-10-15-28(25-30)29-16-11-18-31(26-29)40-42-36-23-8-6-19-33(36)38(43-40)27-13-4-3-5-14-27/h3-26H,1-2H3. The first-order valence-corrected chi connectivity index (χ1v) is 15.8. The van der Waals surface area contributed by atoms with Crippen LogP contribution in [0, 0.1) is 0 Å². The minimum Gasteiger partial charge on any atom is -0.228 e. The van der Waals surface area contributed by atoms with E-state index in [-0.39, 0.29) is 5.41 Å². The molecule has 6 aromatic carbocycles. The summed E-state index contributed by atoms with van der Waals surface area (Å²) < 4.78 is 0. The van der Waals surface area contributed by atoms with E-state index in [1.54, 1.807) is 0 Å². The summed E-state index contributed by atoms with van der Waals surface area (Å²) in [5.41, 5.74) is 11.5. The molecule has 2 heterocycles. The average molecular weight is 583 g/mol. The Labute approximate surface area is 262 Å². The van der Waals surface area contributed by atoms with Crippen molar-refractivity contribution in [3.8, 4) is 44.9 Å². The molecule has 7 aromatic rings. The lowest BCUT2D eigenvalue weighted by atomic mass is 9.77. The summed E-state index contributed by atoms with van der Waals surface area (Å²) in [5, 5.41) is 1.06. The molecule has 0 saturated carbocycles. The molecule has 1 aliphatic rings. The van der Waals surface area contributed by atoms with Gasteiger partial charge in [0.2, 0.25) is 0 Å². The van der Waals surface area contributed by atoms with Crippen molar-refractivity contribution in [1.29, 1.82) is 0 Å². The van der Waals surface area contributed by atoms with Crippen LogP contribution in [0.3, 0.4) is 0 Å². The van der Waals surface area contributed by atoms with Crippen LogP contribution in [0.5, 0.6) is 0 Å². The molecular formula is C41H30N2S. The topological polar surface area (TPSA) is 25.8 Å². The number of hydrogen-bond donors (Lipinski definition) is 0. The van der Waals surface area contributed by atoms with E-state index >= 15 is 0 Å². The van der Waals surface area contributed by atoms with Gasteiger partial charge >= 0.3 is 0 Å². The predicted molar refractivity (Wildman–Crippen MR) is 184 cm³/mol.